The highest BCUT2D eigenvalue weighted by Crippen LogP contribution is 2.43. The second-order valence-corrected chi connectivity index (χ2v) is 5.42. The number of nitrogens with one attached hydrogen (secondary N) is 1. The van der Waals surface area contributed by atoms with E-state index in [4.69, 9.17) is 0 Å². The molecule has 2 heteroatoms. The van der Waals surface area contributed by atoms with Gasteiger partial charge in [-0.1, -0.05) is 29.8 Å². The maximum absolute atomic E-state index is 9.33. The molecule has 98 valence electrons. The SMILES string of the molecule is Cc1ccc(C(Nc2ccc(O)cc2)C2CC2)cc1. The third-order valence-electron chi connectivity index (χ3n) is 3.72. The first-order valence-corrected chi connectivity index (χ1v) is 6.84. The highest BCUT2D eigenvalue weighted by Gasteiger charge is 2.32. The highest BCUT2D eigenvalue weighted by molar-refractivity contribution is 5.48. The molecule has 2 aromatic carbocycles. The van der Waals surface area contributed by atoms with Gasteiger partial charge >= 0.3 is 0 Å². The van der Waals surface area contributed by atoms with Gasteiger partial charge in [0.25, 0.3) is 0 Å². The molecule has 0 saturated heterocycles. The number of hydrogen-bond donors (Lipinski definition) is 2. The fourth-order valence-corrected chi connectivity index (χ4v) is 2.41. The fourth-order valence-electron chi connectivity index (χ4n) is 2.41. The first-order chi connectivity index (χ1) is 9.22. The minimum Gasteiger partial charge on any atom is -0.508 e. The normalized spacial score (nSPS) is 16.1. The lowest BCUT2D eigenvalue weighted by Crippen LogP contribution is -2.12. The summed E-state index contributed by atoms with van der Waals surface area (Å²) in [6, 6.07) is 16.5. The van der Waals surface area contributed by atoms with E-state index >= 15 is 0 Å². The Hall–Kier alpha value is -1.96. The molecule has 1 aliphatic rings. The Kier molecular flexibility index (Phi) is 3.16. The predicted molar refractivity (Wildman–Crippen MR) is 78.4 cm³/mol. The number of anilines is 1. The lowest BCUT2D eigenvalue weighted by molar-refractivity contribution is 0.475. The molecule has 0 aliphatic heterocycles. The molecule has 1 unspecified atom stereocenters. The maximum Gasteiger partial charge on any atom is 0.115 e. The standard InChI is InChI=1S/C17H19NO/c1-12-2-4-13(5-3-12)17(14-6-7-14)18-15-8-10-16(19)11-9-15/h2-5,8-11,14,17-19H,6-7H2,1H3. The van der Waals surface area contributed by atoms with Gasteiger partial charge in [0.15, 0.2) is 0 Å². The van der Waals surface area contributed by atoms with Crippen molar-refractivity contribution in [1.82, 2.24) is 0 Å². The molecule has 0 aromatic heterocycles. The molecular weight excluding hydrogens is 234 g/mol. The molecule has 0 spiro atoms. The third kappa shape index (κ3) is 2.90. The van der Waals surface area contributed by atoms with Crippen LogP contribution in [0.15, 0.2) is 48.5 Å². The molecule has 2 aromatic rings. The zero-order valence-electron chi connectivity index (χ0n) is 11.1. The molecule has 0 radical (unpaired) electrons. The van der Waals surface area contributed by atoms with Gasteiger partial charge in [0.1, 0.15) is 5.75 Å². The summed E-state index contributed by atoms with van der Waals surface area (Å²) in [7, 11) is 0. The van der Waals surface area contributed by atoms with Gasteiger partial charge in [0, 0.05) is 5.69 Å². The van der Waals surface area contributed by atoms with Gasteiger partial charge in [0.05, 0.1) is 6.04 Å². The number of phenolic OH excluding ortho intramolecular Hbond substituents is 1. The van der Waals surface area contributed by atoms with Crippen LogP contribution < -0.4 is 5.32 Å². The van der Waals surface area contributed by atoms with Gasteiger partial charge in [-0.2, -0.15) is 0 Å². The Morgan fingerprint density at radius 2 is 1.63 bits per heavy atom. The number of benzene rings is 2. The molecule has 0 bridgehead atoms. The first-order valence-electron chi connectivity index (χ1n) is 6.84. The van der Waals surface area contributed by atoms with Crippen molar-refractivity contribution in [2.24, 2.45) is 5.92 Å². The zero-order chi connectivity index (χ0) is 13.2. The van der Waals surface area contributed by atoms with Gasteiger partial charge in [-0.3, -0.25) is 0 Å². The minimum atomic E-state index is 0.309. The quantitative estimate of drug-likeness (QED) is 0.798. The number of hydrogen-bond acceptors (Lipinski definition) is 2. The Morgan fingerprint density at radius 3 is 2.21 bits per heavy atom. The van der Waals surface area contributed by atoms with Gasteiger partial charge in [-0.05, 0) is 55.5 Å². The van der Waals surface area contributed by atoms with Crippen LogP contribution in [-0.2, 0) is 0 Å². The van der Waals surface area contributed by atoms with E-state index in [1.807, 2.05) is 12.1 Å². The highest BCUT2D eigenvalue weighted by atomic mass is 16.3. The molecule has 1 saturated carbocycles. The van der Waals surface area contributed by atoms with Crippen molar-refractivity contribution >= 4 is 5.69 Å². The summed E-state index contributed by atoms with van der Waals surface area (Å²) in [5, 5.41) is 12.9. The van der Waals surface area contributed by atoms with Gasteiger partial charge in [0.2, 0.25) is 0 Å². The van der Waals surface area contributed by atoms with Crippen LogP contribution >= 0.6 is 0 Å². The molecule has 0 heterocycles. The van der Waals surface area contributed by atoms with Gasteiger partial charge < -0.3 is 10.4 Å². The second-order valence-electron chi connectivity index (χ2n) is 5.42. The van der Waals surface area contributed by atoms with Crippen molar-refractivity contribution in [2.75, 3.05) is 5.32 Å². The van der Waals surface area contributed by atoms with Crippen molar-refractivity contribution in [3.63, 3.8) is 0 Å². The van der Waals surface area contributed by atoms with Crippen molar-refractivity contribution in [2.45, 2.75) is 25.8 Å². The largest absolute Gasteiger partial charge is 0.508 e. The van der Waals surface area contributed by atoms with E-state index in [0.29, 0.717) is 11.8 Å². The molecule has 1 aliphatic carbocycles. The van der Waals surface area contributed by atoms with Crippen molar-refractivity contribution in [3.8, 4) is 5.75 Å². The molecular formula is C17H19NO. The van der Waals surface area contributed by atoms with Gasteiger partial charge in [-0.25, -0.2) is 0 Å². The number of rotatable bonds is 4. The molecule has 1 atom stereocenters. The second kappa shape index (κ2) is 4.96. The van der Waals surface area contributed by atoms with Crippen LogP contribution in [-0.4, -0.2) is 5.11 Å². The van der Waals surface area contributed by atoms with Crippen LogP contribution in [0, 0.1) is 12.8 Å². The van der Waals surface area contributed by atoms with E-state index in [1.165, 1.54) is 24.0 Å². The van der Waals surface area contributed by atoms with Crippen LogP contribution in [0.5, 0.6) is 5.75 Å². The summed E-state index contributed by atoms with van der Waals surface area (Å²) in [6.45, 7) is 2.11. The maximum atomic E-state index is 9.33. The van der Waals surface area contributed by atoms with Crippen LogP contribution in [0.2, 0.25) is 0 Å². The van der Waals surface area contributed by atoms with E-state index < -0.39 is 0 Å². The van der Waals surface area contributed by atoms with E-state index in [0.717, 1.165) is 11.6 Å². The Balaban J connectivity index is 1.81. The average molecular weight is 253 g/mol. The zero-order valence-corrected chi connectivity index (χ0v) is 11.1. The first kappa shape index (κ1) is 12.1. The van der Waals surface area contributed by atoms with Crippen LogP contribution in [0.3, 0.4) is 0 Å². The molecule has 3 rings (SSSR count). The van der Waals surface area contributed by atoms with Crippen LogP contribution in [0.4, 0.5) is 5.69 Å². The molecule has 19 heavy (non-hydrogen) atoms. The summed E-state index contributed by atoms with van der Waals surface area (Å²) in [5.74, 6) is 1.04. The molecule has 2 nitrogen and oxygen atoms in total. The third-order valence-corrected chi connectivity index (χ3v) is 3.72. The van der Waals surface area contributed by atoms with Crippen molar-refractivity contribution in [3.05, 3.63) is 59.7 Å². The van der Waals surface area contributed by atoms with Gasteiger partial charge in [-0.15, -0.1) is 0 Å². The van der Waals surface area contributed by atoms with E-state index in [2.05, 4.69) is 36.5 Å². The van der Waals surface area contributed by atoms with E-state index in [1.54, 1.807) is 12.1 Å². The fraction of sp³-hybridized carbons (Fsp3) is 0.294. The summed E-state index contributed by atoms with van der Waals surface area (Å²) in [5.41, 5.74) is 3.71. The molecule has 2 N–H and O–H groups in total. The van der Waals surface area contributed by atoms with Crippen molar-refractivity contribution in [1.29, 1.82) is 0 Å². The topological polar surface area (TPSA) is 32.3 Å². The molecule has 1 fully saturated rings. The number of aryl methyl sites for hydroxylation is 1. The van der Waals surface area contributed by atoms with Crippen LogP contribution in [0.25, 0.3) is 0 Å². The van der Waals surface area contributed by atoms with E-state index in [-0.39, 0.29) is 0 Å². The number of aromatic hydroxyl groups is 1. The Bertz CT molecular complexity index is 540. The lowest BCUT2D eigenvalue weighted by Gasteiger charge is -2.20. The summed E-state index contributed by atoms with van der Waals surface area (Å²) >= 11 is 0. The smallest absolute Gasteiger partial charge is 0.115 e. The summed E-state index contributed by atoms with van der Waals surface area (Å²) in [6.07, 6.45) is 2.59. The van der Waals surface area contributed by atoms with E-state index in [9.17, 15) is 5.11 Å². The monoisotopic (exact) mass is 253 g/mol. The Morgan fingerprint density at radius 1 is 1.00 bits per heavy atom. The van der Waals surface area contributed by atoms with Crippen LogP contribution in [0.1, 0.15) is 30.0 Å². The van der Waals surface area contributed by atoms with Crippen molar-refractivity contribution < 1.29 is 5.11 Å². The lowest BCUT2D eigenvalue weighted by atomic mass is 10.0. The predicted octanol–water partition coefficient (Wildman–Crippen LogP) is 4.26. The minimum absolute atomic E-state index is 0.309. The summed E-state index contributed by atoms with van der Waals surface area (Å²) < 4.78 is 0. The molecule has 0 amide bonds. The number of phenols is 1. The summed E-state index contributed by atoms with van der Waals surface area (Å²) in [4.78, 5) is 0. The average Bonchev–Trinajstić information content (AvgIpc) is 3.24. The Labute approximate surface area is 114 Å².